The molecule has 51 heavy (non-hydrogen) atoms. The summed E-state index contributed by atoms with van der Waals surface area (Å²) in [4.78, 5) is 0. The third-order valence-corrected chi connectivity index (χ3v) is 9.83. The van der Waals surface area contributed by atoms with Gasteiger partial charge in [0.2, 0.25) is 0 Å². The van der Waals surface area contributed by atoms with Crippen LogP contribution in [0.2, 0.25) is 0 Å². The van der Waals surface area contributed by atoms with Gasteiger partial charge < -0.3 is 109 Å². The molecule has 22 heteroatoms. The van der Waals surface area contributed by atoms with Gasteiger partial charge in [-0.3, -0.25) is 0 Å². The van der Waals surface area contributed by atoms with Gasteiger partial charge in [0, 0.05) is 0 Å². The maximum Gasteiger partial charge on any atom is 0.187 e. The molecule has 5 heterocycles. The van der Waals surface area contributed by atoms with E-state index in [0.29, 0.717) is 0 Å². The van der Waals surface area contributed by atoms with E-state index in [0.717, 1.165) is 0 Å². The van der Waals surface area contributed by atoms with Crippen molar-refractivity contribution >= 4 is 0 Å². The minimum atomic E-state index is -1.90. The molecule has 5 saturated heterocycles. The highest BCUT2D eigenvalue weighted by Gasteiger charge is 2.55. The zero-order valence-electron chi connectivity index (χ0n) is 27.8. The van der Waals surface area contributed by atoms with Crippen LogP contribution in [-0.2, 0) is 42.6 Å². The highest BCUT2D eigenvalue weighted by molar-refractivity contribution is 4.97. The van der Waals surface area contributed by atoms with Crippen LogP contribution in [0.25, 0.3) is 0 Å². The first-order chi connectivity index (χ1) is 24.0. The lowest BCUT2D eigenvalue weighted by atomic mass is 9.97. The summed E-state index contributed by atoms with van der Waals surface area (Å²) in [6.45, 7) is 2.70. The van der Waals surface area contributed by atoms with E-state index in [-0.39, 0.29) is 0 Å². The third-order valence-electron chi connectivity index (χ3n) is 9.83. The van der Waals surface area contributed by atoms with E-state index >= 15 is 0 Å². The first-order valence-electron chi connectivity index (χ1n) is 16.6. The Kier molecular flexibility index (Phi) is 13.7. The SMILES string of the molecule is C[C@H]1O[C@@H](O[C@H]2[C@H](O[C@@H]3CO[C@@H](O[C@@H]4[C@@H](O)[C@H](O)O[C@H](C)[C@H]4O)[C@H](O[C@@H]4O[C@H](C)[C@@H](O)[C@H](O)[C@H]4O)[C@H]3O)O[C@H](CO)[C@H](O)[C@@H]2O)[C@H](O)[C@@H](O)[C@H]1O. The molecule has 0 aromatic rings. The quantitative estimate of drug-likeness (QED) is 0.104. The highest BCUT2D eigenvalue weighted by Crippen LogP contribution is 2.35. The van der Waals surface area contributed by atoms with Gasteiger partial charge in [0.05, 0.1) is 31.5 Å². The van der Waals surface area contributed by atoms with Crippen LogP contribution in [-0.4, -0.2) is 227 Å². The third kappa shape index (κ3) is 8.37. The Morgan fingerprint density at radius 2 is 0.922 bits per heavy atom. The predicted octanol–water partition coefficient (Wildman–Crippen LogP) is -8.20. The Morgan fingerprint density at radius 3 is 1.45 bits per heavy atom. The number of aliphatic hydroxyl groups excluding tert-OH is 13. The van der Waals surface area contributed by atoms with E-state index in [1.54, 1.807) is 0 Å². The molecular formula is C29H50O22. The van der Waals surface area contributed by atoms with Gasteiger partial charge in [0.1, 0.15) is 97.7 Å². The topological polar surface area (TPSA) is 346 Å². The largest absolute Gasteiger partial charge is 0.394 e. The first-order valence-corrected chi connectivity index (χ1v) is 16.6. The molecule has 0 saturated carbocycles. The fourth-order valence-electron chi connectivity index (χ4n) is 6.51. The number of hydrogen-bond acceptors (Lipinski definition) is 22. The van der Waals surface area contributed by atoms with Crippen LogP contribution in [0.4, 0.5) is 0 Å². The molecule has 0 aromatic heterocycles. The zero-order valence-corrected chi connectivity index (χ0v) is 27.8. The lowest BCUT2D eigenvalue weighted by molar-refractivity contribution is -0.397. The summed E-state index contributed by atoms with van der Waals surface area (Å²) in [6, 6.07) is 0. The van der Waals surface area contributed by atoms with Crippen LogP contribution in [0.3, 0.4) is 0 Å². The van der Waals surface area contributed by atoms with Gasteiger partial charge >= 0.3 is 0 Å². The predicted molar refractivity (Wildman–Crippen MR) is 156 cm³/mol. The molecule has 0 radical (unpaired) electrons. The molecule has 0 aromatic carbocycles. The van der Waals surface area contributed by atoms with Crippen LogP contribution in [0.5, 0.6) is 0 Å². The van der Waals surface area contributed by atoms with Crippen molar-refractivity contribution in [3.63, 3.8) is 0 Å². The number of aliphatic hydroxyl groups is 13. The molecule has 0 unspecified atom stereocenters. The van der Waals surface area contributed by atoms with Crippen LogP contribution >= 0.6 is 0 Å². The van der Waals surface area contributed by atoms with Crippen LogP contribution in [0, 0.1) is 0 Å². The van der Waals surface area contributed by atoms with E-state index < -0.39 is 161 Å². The van der Waals surface area contributed by atoms with Crippen molar-refractivity contribution in [2.45, 2.75) is 168 Å². The second kappa shape index (κ2) is 16.9. The highest BCUT2D eigenvalue weighted by atomic mass is 16.8. The molecule has 5 rings (SSSR count). The van der Waals surface area contributed by atoms with Crippen molar-refractivity contribution in [1.82, 2.24) is 0 Å². The summed E-state index contributed by atoms with van der Waals surface area (Å²) in [6.07, 6.45) is -39.3. The standard InChI is InChI=1S/C29H50O22/c1-6-11(31)16(36)19(39)26(45-6)50-23-15(35)10(5-43-28(23)49-22-13(33)8(3)44-25(42)21(22)41)48-29-24(18(38)14(34)9(4-30)47-29)51-27-20(40)17(37)12(32)7(2)46-27/h6-42H,4-5H2,1-3H3/t6-,7-,8-,9-,10-,11-,12+,13-,14+,15+,16+,17+,18+,19-,20-,21-,22+,23-,24-,25-,26+,27+,28+,29+/m1/s1. The number of rotatable bonds is 9. The molecular weight excluding hydrogens is 700 g/mol. The maximum atomic E-state index is 11.6. The van der Waals surface area contributed by atoms with Crippen molar-refractivity contribution in [2.75, 3.05) is 13.2 Å². The van der Waals surface area contributed by atoms with E-state index in [1.165, 1.54) is 20.8 Å². The summed E-state index contributed by atoms with van der Waals surface area (Å²) in [5, 5.41) is 136. The van der Waals surface area contributed by atoms with Crippen molar-refractivity contribution in [1.29, 1.82) is 0 Å². The molecule has 13 N–H and O–H groups in total. The minimum Gasteiger partial charge on any atom is -0.394 e. The van der Waals surface area contributed by atoms with E-state index in [4.69, 9.17) is 42.6 Å². The Labute approximate surface area is 290 Å². The van der Waals surface area contributed by atoms with Gasteiger partial charge in [-0.2, -0.15) is 0 Å². The van der Waals surface area contributed by atoms with Crippen molar-refractivity contribution in [3.8, 4) is 0 Å². The normalized spacial score (nSPS) is 55.8. The van der Waals surface area contributed by atoms with Gasteiger partial charge in [-0.15, -0.1) is 0 Å². The average Bonchev–Trinajstić information content (AvgIpc) is 3.10. The summed E-state index contributed by atoms with van der Waals surface area (Å²) in [5.74, 6) is 0. The fraction of sp³-hybridized carbons (Fsp3) is 1.00. The average molecular weight is 751 g/mol. The van der Waals surface area contributed by atoms with Crippen molar-refractivity contribution in [3.05, 3.63) is 0 Å². The Bertz CT molecular complexity index is 1090. The molecule has 298 valence electrons. The lowest BCUT2D eigenvalue weighted by Crippen LogP contribution is -2.67. The smallest absolute Gasteiger partial charge is 0.187 e. The van der Waals surface area contributed by atoms with Crippen LogP contribution < -0.4 is 0 Å². The van der Waals surface area contributed by atoms with Crippen molar-refractivity contribution in [2.24, 2.45) is 0 Å². The Hall–Kier alpha value is -0.880. The maximum absolute atomic E-state index is 11.6. The summed E-state index contributed by atoms with van der Waals surface area (Å²) < 4.78 is 50.7. The summed E-state index contributed by atoms with van der Waals surface area (Å²) >= 11 is 0. The molecule has 24 atom stereocenters. The molecule has 0 aliphatic carbocycles. The molecule has 0 spiro atoms. The Morgan fingerprint density at radius 1 is 0.431 bits per heavy atom. The molecule has 5 aliphatic rings. The minimum absolute atomic E-state index is 0.593. The van der Waals surface area contributed by atoms with Gasteiger partial charge in [-0.25, -0.2) is 0 Å². The molecule has 0 bridgehead atoms. The van der Waals surface area contributed by atoms with E-state index in [9.17, 15) is 66.4 Å². The molecule has 0 amide bonds. The summed E-state index contributed by atoms with van der Waals surface area (Å²) in [7, 11) is 0. The second-order valence-electron chi connectivity index (χ2n) is 13.5. The van der Waals surface area contributed by atoms with Crippen LogP contribution in [0.1, 0.15) is 20.8 Å². The number of ether oxygens (including phenoxy) is 9. The van der Waals surface area contributed by atoms with Crippen molar-refractivity contribution < 1.29 is 109 Å². The van der Waals surface area contributed by atoms with Gasteiger partial charge in [-0.05, 0) is 20.8 Å². The van der Waals surface area contributed by atoms with Gasteiger partial charge in [0.15, 0.2) is 31.5 Å². The monoisotopic (exact) mass is 750 g/mol. The molecule has 5 fully saturated rings. The van der Waals surface area contributed by atoms with Gasteiger partial charge in [0.25, 0.3) is 0 Å². The first kappa shape index (κ1) is 41.3. The molecule has 22 nitrogen and oxygen atoms in total. The lowest BCUT2D eigenvalue weighted by Gasteiger charge is -2.49. The van der Waals surface area contributed by atoms with E-state index in [1.807, 2.05) is 0 Å². The second-order valence-corrected chi connectivity index (χ2v) is 13.5. The molecule has 5 aliphatic heterocycles. The zero-order chi connectivity index (χ0) is 37.6. The van der Waals surface area contributed by atoms with Gasteiger partial charge in [-0.1, -0.05) is 0 Å². The fourth-order valence-corrected chi connectivity index (χ4v) is 6.51. The van der Waals surface area contributed by atoms with Crippen LogP contribution in [0.15, 0.2) is 0 Å². The Balaban J connectivity index is 1.39. The number of hydrogen-bond donors (Lipinski definition) is 13. The van der Waals surface area contributed by atoms with E-state index in [2.05, 4.69) is 0 Å². The summed E-state index contributed by atoms with van der Waals surface area (Å²) in [5.41, 5.74) is 0.